The first-order chi connectivity index (χ1) is 15.8. The molecule has 184 valence electrons. The average Bonchev–Trinajstić information content (AvgIpc) is 3.21. The van der Waals surface area contributed by atoms with Gasteiger partial charge in [-0.25, -0.2) is 4.98 Å². The first kappa shape index (κ1) is 26.2. The molecule has 1 aromatic carbocycles. The number of carbonyl (C=O) groups is 1. The Hall–Kier alpha value is -2.37. The predicted octanol–water partition coefficient (Wildman–Crippen LogP) is 2.25. The van der Waals surface area contributed by atoms with Crippen LogP contribution in [0.1, 0.15) is 5.56 Å². The number of rotatable bonds is 7. The molecule has 4 rings (SSSR count). The summed E-state index contributed by atoms with van der Waals surface area (Å²) in [6.45, 7) is 3.26. The first-order valence-corrected chi connectivity index (χ1v) is 11.3. The van der Waals surface area contributed by atoms with Crippen molar-refractivity contribution in [2.75, 3.05) is 45.7 Å². The number of aromatic nitrogens is 4. The highest BCUT2D eigenvalue weighted by Gasteiger charge is 2.27. The second-order valence-electron chi connectivity index (χ2n) is 8.01. The molecule has 13 heteroatoms. The highest BCUT2D eigenvalue weighted by atomic mass is 35.5. The Balaban J connectivity index is 0.00000324. The van der Waals surface area contributed by atoms with Crippen LogP contribution in [0.15, 0.2) is 29.2 Å². The lowest BCUT2D eigenvalue weighted by Gasteiger charge is -2.33. The number of nitrogens with zero attached hydrogens (tertiary/aromatic N) is 5. The van der Waals surface area contributed by atoms with Crippen molar-refractivity contribution in [2.24, 2.45) is 0 Å². The molecule has 0 spiro atoms. The van der Waals surface area contributed by atoms with Gasteiger partial charge in [-0.3, -0.25) is 24.2 Å². The number of likely N-dealkylation sites (N-methyl/N-ethyl adjacent to an activating group) is 1. The number of benzene rings is 1. The fourth-order valence-electron chi connectivity index (χ4n) is 3.67. The van der Waals surface area contributed by atoms with Crippen molar-refractivity contribution in [3.63, 3.8) is 0 Å². The molecule has 2 aromatic heterocycles. The average molecular weight is 531 g/mol. The summed E-state index contributed by atoms with van der Waals surface area (Å²) in [7, 11) is 3.43. The number of hydrogen-bond acceptors (Lipinski definition) is 7. The third-order valence-corrected chi connectivity index (χ3v) is 6.18. The number of ether oxygens (including phenoxy) is 1. The summed E-state index contributed by atoms with van der Waals surface area (Å²) in [5, 5.41) is 8.39. The van der Waals surface area contributed by atoms with Crippen LogP contribution in [0.25, 0.3) is 11.0 Å². The minimum absolute atomic E-state index is 0. The maximum absolute atomic E-state index is 12.7. The largest absolute Gasteiger partial charge is 0.366 e. The lowest BCUT2D eigenvalue weighted by Crippen LogP contribution is -2.50. The standard InChI is InChI=1S/C21H25Cl2N7O3.ClH/c1-28(2)20(32)17-12-29(7-8-33-17)5-6-30-18-16(11-25-30)26-21(27-19(18)31)24-10-13-3-4-14(22)15(23)9-13;/h3-4,9,11,17H,5-8,10,12H2,1-2H3,(H2,24,26,27,31);1H. The fourth-order valence-corrected chi connectivity index (χ4v) is 3.99. The number of hydrogen-bond donors (Lipinski definition) is 2. The van der Waals surface area contributed by atoms with Crippen molar-refractivity contribution in [3.8, 4) is 0 Å². The van der Waals surface area contributed by atoms with Crippen molar-refractivity contribution >= 4 is 58.5 Å². The van der Waals surface area contributed by atoms with Gasteiger partial charge in [0.2, 0.25) is 5.95 Å². The molecule has 3 heterocycles. The molecular weight excluding hydrogens is 505 g/mol. The maximum atomic E-state index is 12.7. The summed E-state index contributed by atoms with van der Waals surface area (Å²) in [6, 6.07) is 5.32. The number of aromatic amines is 1. The molecule has 10 nitrogen and oxygen atoms in total. The minimum Gasteiger partial charge on any atom is -0.366 e. The summed E-state index contributed by atoms with van der Waals surface area (Å²) in [6.07, 6.45) is 1.10. The summed E-state index contributed by atoms with van der Waals surface area (Å²) < 4.78 is 7.24. The Morgan fingerprint density at radius 2 is 2.09 bits per heavy atom. The fraction of sp³-hybridized carbons (Fsp3) is 0.429. The molecule has 1 unspecified atom stereocenters. The van der Waals surface area contributed by atoms with Crippen LogP contribution in [0.4, 0.5) is 5.95 Å². The zero-order valence-corrected chi connectivity index (χ0v) is 21.1. The Bertz CT molecular complexity index is 1210. The second kappa shape index (κ2) is 11.4. The Labute approximate surface area is 212 Å². The van der Waals surface area contributed by atoms with Gasteiger partial charge in [-0.1, -0.05) is 29.3 Å². The third kappa shape index (κ3) is 6.00. The molecule has 1 atom stereocenters. The van der Waals surface area contributed by atoms with Crippen LogP contribution >= 0.6 is 35.6 Å². The number of morpholine rings is 1. The molecule has 1 aliphatic heterocycles. The molecule has 0 saturated carbocycles. The van der Waals surface area contributed by atoms with Gasteiger partial charge in [0.25, 0.3) is 11.5 Å². The molecule has 0 bridgehead atoms. The number of amides is 1. The molecule has 0 aliphatic carbocycles. The van der Waals surface area contributed by atoms with E-state index < -0.39 is 6.10 Å². The summed E-state index contributed by atoms with van der Waals surface area (Å²) in [5.41, 5.74) is 1.53. The monoisotopic (exact) mass is 529 g/mol. The number of carbonyl (C=O) groups excluding carboxylic acids is 1. The molecule has 1 amide bonds. The Morgan fingerprint density at radius 1 is 1.29 bits per heavy atom. The van der Waals surface area contributed by atoms with Gasteiger partial charge in [-0.2, -0.15) is 5.10 Å². The van der Waals surface area contributed by atoms with Gasteiger partial charge in [-0.15, -0.1) is 12.4 Å². The van der Waals surface area contributed by atoms with E-state index in [9.17, 15) is 9.59 Å². The Morgan fingerprint density at radius 3 is 2.82 bits per heavy atom. The van der Waals surface area contributed by atoms with Crippen LogP contribution in [0, 0.1) is 0 Å². The summed E-state index contributed by atoms with van der Waals surface area (Å²) >= 11 is 12.0. The smallest absolute Gasteiger partial charge is 0.278 e. The first-order valence-electron chi connectivity index (χ1n) is 10.5. The van der Waals surface area contributed by atoms with E-state index in [-0.39, 0.29) is 23.9 Å². The van der Waals surface area contributed by atoms with Gasteiger partial charge in [0, 0.05) is 40.3 Å². The lowest BCUT2D eigenvalue weighted by molar-refractivity contribution is -0.146. The SMILES string of the molecule is CN(C)C(=O)C1CN(CCn2ncc3nc(NCc4ccc(Cl)c(Cl)c4)[nH]c(=O)c32)CCO1.Cl. The molecule has 1 aliphatic rings. The van der Waals surface area contributed by atoms with Gasteiger partial charge >= 0.3 is 0 Å². The van der Waals surface area contributed by atoms with Gasteiger partial charge in [0.15, 0.2) is 5.52 Å². The minimum atomic E-state index is -0.475. The summed E-state index contributed by atoms with van der Waals surface area (Å²) in [4.78, 5) is 35.8. The van der Waals surface area contributed by atoms with Crippen molar-refractivity contribution in [1.29, 1.82) is 0 Å². The van der Waals surface area contributed by atoms with Crippen LogP contribution in [0.3, 0.4) is 0 Å². The predicted molar refractivity (Wildman–Crippen MR) is 134 cm³/mol. The zero-order chi connectivity index (χ0) is 23.5. The zero-order valence-electron chi connectivity index (χ0n) is 18.8. The number of anilines is 1. The van der Waals surface area contributed by atoms with E-state index in [4.69, 9.17) is 27.9 Å². The molecule has 1 fully saturated rings. The second-order valence-corrected chi connectivity index (χ2v) is 8.83. The van der Waals surface area contributed by atoms with Crippen molar-refractivity contribution in [2.45, 2.75) is 19.2 Å². The van der Waals surface area contributed by atoms with Crippen LogP contribution in [0.2, 0.25) is 10.0 Å². The van der Waals surface area contributed by atoms with E-state index in [1.807, 2.05) is 6.07 Å². The quantitative estimate of drug-likeness (QED) is 0.482. The molecule has 0 radical (unpaired) electrons. The molecule has 2 N–H and O–H groups in total. The van der Waals surface area contributed by atoms with E-state index in [0.717, 1.165) is 5.56 Å². The molecule has 34 heavy (non-hydrogen) atoms. The Kier molecular flexibility index (Phi) is 8.78. The highest BCUT2D eigenvalue weighted by Crippen LogP contribution is 2.23. The van der Waals surface area contributed by atoms with Crippen molar-refractivity contribution in [3.05, 3.63) is 50.4 Å². The van der Waals surface area contributed by atoms with Crippen LogP contribution in [-0.4, -0.2) is 81.9 Å². The van der Waals surface area contributed by atoms with E-state index in [1.165, 1.54) is 4.90 Å². The summed E-state index contributed by atoms with van der Waals surface area (Å²) in [5.74, 6) is 0.294. The number of H-pyrrole nitrogens is 1. The third-order valence-electron chi connectivity index (χ3n) is 5.44. The molecule has 1 saturated heterocycles. The van der Waals surface area contributed by atoms with Gasteiger partial charge in [0.05, 0.1) is 29.4 Å². The van der Waals surface area contributed by atoms with Gasteiger partial charge < -0.3 is 15.0 Å². The number of nitrogens with one attached hydrogen (secondary N) is 2. The lowest BCUT2D eigenvalue weighted by atomic mass is 10.2. The normalized spacial score (nSPS) is 16.3. The van der Waals surface area contributed by atoms with Crippen LogP contribution in [0.5, 0.6) is 0 Å². The van der Waals surface area contributed by atoms with Gasteiger partial charge in [0.1, 0.15) is 11.6 Å². The van der Waals surface area contributed by atoms with E-state index in [2.05, 4.69) is 25.3 Å². The topological polar surface area (TPSA) is 108 Å². The van der Waals surface area contributed by atoms with Crippen LogP contribution < -0.4 is 10.9 Å². The number of fused-ring (bicyclic) bond motifs is 1. The van der Waals surface area contributed by atoms with Crippen molar-refractivity contribution in [1.82, 2.24) is 29.5 Å². The number of halogens is 3. The van der Waals surface area contributed by atoms with E-state index in [0.29, 0.717) is 66.4 Å². The van der Waals surface area contributed by atoms with Crippen molar-refractivity contribution < 1.29 is 9.53 Å². The maximum Gasteiger partial charge on any atom is 0.278 e. The molecule has 3 aromatic rings. The van der Waals surface area contributed by atoms with E-state index in [1.54, 1.807) is 37.1 Å². The molecular formula is C21H26Cl3N7O3. The van der Waals surface area contributed by atoms with E-state index >= 15 is 0 Å². The van der Waals surface area contributed by atoms with Crippen LogP contribution in [-0.2, 0) is 22.6 Å². The van der Waals surface area contributed by atoms with Gasteiger partial charge in [-0.05, 0) is 17.7 Å². The highest BCUT2D eigenvalue weighted by molar-refractivity contribution is 6.42.